The van der Waals surface area contributed by atoms with Crippen LogP contribution in [0, 0.1) is 0 Å². The maximum atomic E-state index is 14.5. The maximum absolute atomic E-state index is 14.5. The summed E-state index contributed by atoms with van der Waals surface area (Å²) >= 11 is 13.0. The zero-order chi connectivity index (χ0) is 32.5. The van der Waals surface area contributed by atoms with Crippen LogP contribution < -0.4 is 14.8 Å². The minimum Gasteiger partial charge on any atom is -0.497 e. The topological polar surface area (TPSA) is 138 Å². The molecule has 0 saturated heterocycles. The van der Waals surface area contributed by atoms with Gasteiger partial charge in [-0.3, -0.25) is 4.79 Å². The van der Waals surface area contributed by atoms with Crippen LogP contribution in [0.5, 0.6) is 11.5 Å². The number of aliphatic hydroxyl groups is 1. The molecule has 0 radical (unpaired) electrons. The Morgan fingerprint density at radius 2 is 1.80 bits per heavy atom. The molecule has 1 aliphatic heterocycles. The standard InChI is InChI=1S/C34H31Cl2N5O5/c1-44-26-12-7-22(8-13-26)21-38-33(43)34(20-24-5-2-3-6-30(24)40-41-37)31(28-16-11-25(35)19-29(28)36)46-32(39-34)23-9-14-27(15-10-23)45-18-4-17-42/h2-3,5-16,19,31,42H,4,17-18,20-21H2,1H3,(H,38,43)/t31-,34-/m1/s1. The lowest BCUT2D eigenvalue weighted by Crippen LogP contribution is -2.49. The number of halogens is 2. The number of aliphatic hydroxyl groups excluding tert-OH is 1. The highest BCUT2D eigenvalue weighted by molar-refractivity contribution is 6.35. The van der Waals surface area contributed by atoms with Gasteiger partial charge in [-0.15, -0.1) is 0 Å². The van der Waals surface area contributed by atoms with Gasteiger partial charge in [0.05, 0.1) is 13.7 Å². The number of aliphatic imine (C=N–C) groups is 1. The van der Waals surface area contributed by atoms with Gasteiger partial charge in [-0.1, -0.05) is 70.8 Å². The Labute approximate surface area is 276 Å². The van der Waals surface area contributed by atoms with Gasteiger partial charge in [-0.05, 0) is 65.2 Å². The third-order valence-electron chi connectivity index (χ3n) is 7.49. The van der Waals surface area contributed by atoms with E-state index in [1.165, 1.54) is 0 Å². The first-order valence-corrected chi connectivity index (χ1v) is 15.2. The van der Waals surface area contributed by atoms with Crippen molar-refractivity contribution in [3.8, 4) is 11.5 Å². The quantitative estimate of drug-likeness (QED) is 0.0661. The van der Waals surface area contributed by atoms with Gasteiger partial charge >= 0.3 is 0 Å². The maximum Gasteiger partial charge on any atom is 0.252 e. The Morgan fingerprint density at radius 3 is 2.50 bits per heavy atom. The number of carbonyl (C=O) groups excluding carboxylic acids is 1. The summed E-state index contributed by atoms with van der Waals surface area (Å²) in [5.74, 6) is 1.11. The molecule has 0 spiro atoms. The van der Waals surface area contributed by atoms with Crippen molar-refractivity contribution in [2.75, 3.05) is 20.3 Å². The van der Waals surface area contributed by atoms with Crippen molar-refractivity contribution in [2.45, 2.75) is 31.0 Å². The fourth-order valence-corrected chi connectivity index (χ4v) is 5.66. The van der Waals surface area contributed by atoms with Gasteiger partial charge in [0.1, 0.15) is 11.5 Å². The SMILES string of the molecule is COc1ccc(CNC(=O)[C@]2(Cc3ccccc3N=[N+]=[N-])N=C(c3ccc(OCCCO)cc3)O[C@@H]2c2ccc(Cl)cc2Cl)cc1. The van der Waals surface area contributed by atoms with Crippen molar-refractivity contribution in [1.29, 1.82) is 0 Å². The van der Waals surface area contributed by atoms with Crippen molar-refractivity contribution < 1.29 is 24.1 Å². The molecule has 1 aliphatic rings. The first kappa shape index (κ1) is 32.7. The Morgan fingerprint density at radius 1 is 1.07 bits per heavy atom. The predicted octanol–water partition coefficient (Wildman–Crippen LogP) is 7.52. The van der Waals surface area contributed by atoms with Crippen molar-refractivity contribution in [3.63, 3.8) is 0 Å². The number of azide groups is 1. The average Bonchev–Trinajstić information content (AvgIpc) is 3.45. The van der Waals surface area contributed by atoms with E-state index in [0.29, 0.717) is 56.9 Å². The summed E-state index contributed by atoms with van der Waals surface area (Å²) in [6.45, 7) is 0.601. The largest absolute Gasteiger partial charge is 0.497 e. The zero-order valence-corrected chi connectivity index (χ0v) is 26.4. The number of benzene rings is 4. The smallest absolute Gasteiger partial charge is 0.252 e. The first-order valence-electron chi connectivity index (χ1n) is 14.5. The molecule has 5 rings (SSSR count). The number of amides is 1. The predicted molar refractivity (Wildman–Crippen MR) is 177 cm³/mol. The van der Waals surface area contributed by atoms with Crippen LogP contribution in [0.2, 0.25) is 10.0 Å². The molecule has 1 heterocycles. The molecule has 0 fully saturated rings. The summed E-state index contributed by atoms with van der Waals surface area (Å²) < 4.78 is 17.5. The lowest BCUT2D eigenvalue weighted by molar-refractivity contribution is -0.129. The van der Waals surface area contributed by atoms with E-state index < -0.39 is 17.6 Å². The summed E-state index contributed by atoms with van der Waals surface area (Å²) in [5, 5.41) is 16.7. The molecule has 2 N–H and O–H groups in total. The van der Waals surface area contributed by atoms with Crippen LogP contribution in [-0.4, -0.2) is 42.8 Å². The van der Waals surface area contributed by atoms with Gasteiger partial charge < -0.3 is 24.6 Å². The van der Waals surface area contributed by atoms with E-state index >= 15 is 0 Å². The Kier molecular flexibility index (Phi) is 10.7. The van der Waals surface area contributed by atoms with Gasteiger partial charge in [0, 0.05) is 57.8 Å². The van der Waals surface area contributed by atoms with Crippen molar-refractivity contribution in [3.05, 3.63) is 134 Å². The molecule has 236 valence electrons. The number of ether oxygens (including phenoxy) is 3. The van der Waals surface area contributed by atoms with Crippen LogP contribution in [0.25, 0.3) is 10.4 Å². The van der Waals surface area contributed by atoms with E-state index in [4.69, 9.17) is 47.5 Å². The Balaban J connectivity index is 1.60. The molecule has 0 bridgehead atoms. The van der Waals surface area contributed by atoms with Crippen LogP contribution in [-0.2, 0) is 22.5 Å². The van der Waals surface area contributed by atoms with Gasteiger partial charge in [-0.2, -0.15) is 0 Å². The van der Waals surface area contributed by atoms with E-state index in [1.54, 1.807) is 73.8 Å². The van der Waals surface area contributed by atoms with E-state index in [-0.39, 0.29) is 25.5 Å². The number of hydrogen-bond donors (Lipinski definition) is 2. The van der Waals surface area contributed by atoms with Crippen LogP contribution in [0.4, 0.5) is 5.69 Å². The summed E-state index contributed by atoms with van der Waals surface area (Å²) in [5.41, 5.74) is 10.6. The Bertz CT molecular complexity index is 1760. The molecule has 0 aliphatic carbocycles. The highest BCUT2D eigenvalue weighted by Gasteiger charge is 2.54. The molecule has 1 amide bonds. The highest BCUT2D eigenvalue weighted by Crippen LogP contribution is 2.46. The highest BCUT2D eigenvalue weighted by atomic mass is 35.5. The minimum atomic E-state index is -1.59. The molecule has 0 saturated carbocycles. The molecule has 2 atom stereocenters. The third kappa shape index (κ3) is 7.38. The molecule has 12 heteroatoms. The van der Waals surface area contributed by atoms with Gasteiger partial charge in [0.25, 0.3) is 5.91 Å². The fourth-order valence-electron chi connectivity index (χ4n) is 5.15. The van der Waals surface area contributed by atoms with Crippen molar-refractivity contribution in [2.24, 2.45) is 10.1 Å². The van der Waals surface area contributed by atoms with Gasteiger partial charge in [-0.25, -0.2) is 4.99 Å². The second-order valence-corrected chi connectivity index (χ2v) is 11.3. The summed E-state index contributed by atoms with van der Waals surface area (Å²) in [6.07, 6.45) is -0.457. The number of nitrogens with zero attached hydrogens (tertiary/aromatic N) is 4. The summed E-state index contributed by atoms with van der Waals surface area (Å²) in [4.78, 5) is 22.5. The molecule has 0 unspecified atom stereocenters. The van der Waals surface area contributed by atoms with Crippen LogP contribution >= 0.6 is 23.2 Å². The third-order valence-corrected chi connectivity index (χ3v) is 8.05. The molecular weight excluding hydrogens is 629 g/mol. The van der Waals surface area contributed by atoms with Crippen molar-refractivity contribution >= 4 is 40.7 Å². The molecule has 10 nitrogen and oxygen atoms in total. The van der Waals surface area contributed by atoms with E-state index in [2.05, 4.69) is 15.3 Å². The molecule has 0 aromatic heterocycles. The molecule has 4 aromatic carbocycles. The normalized spacial score (nSPS) is 17.0. The number of nitrogens with one attached hydrogen (secondary N) is 1. The summed E-state index contributed by atoms with van der Waals surface area (Å²) in [7, 11) is 1.59. The van der Waals surface area contributed by atoms with Crippen LogP contribution in [0.15, 0.2) is 101 Å². The molecule has 4 aromatic rings. The number of carbonyl (C=O) groups is 1. The number of hydrogen-bond acceptors (Lipinski definition) is 7. The van der Waals surface area contributed by atoms with Gasteiger partial charge in [0.15, 0.2) is 11.6 Å². The van der Waals surface area contributed by atoms with Gasteiger partial charge in [0.2, 0.25) is 5.90 Å². The molecular formula is C34H31Cl2N5O5. The monoisotopic (exact) mass is 659 g/mol. The lowest BCUT2D eigenvalue weighted by atomic mass is 9.81. The first-order chi connectivity index (χ1) is 22.4. The van der Waals surface area contributed by atoms with Crippen LogP contribution in [0.1, 0.15) is 34.8 Å². The summed E-state index contributed by atoms with van der Waals surface area (Å²) in [6, 6.07) is 26.5. The number of rotatable bonds is 13. The molecule has 46 heavy (non-hydrogen) atoms. The van der Waals surface area contributed by atoms with Crippen LogP contribution in [0.3, 0.4) is 0 Å². The van der Waals surface area contributed by atoms with Crippen molar-refractivity contribution in [1.82, 2.24) is 5.32 Å². The zero-order valence-electron chi connectivity index (χ0n) is 24.9. The second kappa shape index (κ2) is 15.0. The average molecular weight is 661 g/mol. The minimum absolute atomic E-state index is 0.0200. The van der Waals surface area contributed by atoms with E-state index in [9.17, 15) is 10.3 Å². The second-order valence-electron chi connectivity index (χ2n) is 10.5. The van der Waals surface area contributed by atoms with E-state index in [1.807, 2.05) is 24.3 Å². The van der Waals surface area contributed by atoms with E-state index in [0.717, 1.165) is 5.56 Å². The fraction of sp³-hybridized carbons (Fsp3) is 0.235. The lowest BCUT2D eigenvalue weighted by Gasteiger charge is -2.31. The number of methoxy groups -OCH3 is 1. The Hall–Kier alpha value is -4.73.